The van der Waals surface area contributed by atoms with Gasteiger partial charge in [0, 0.05) is 6.54 Å². The minimum absolute atomic E-state index is 0.0417. The molecule has 5 heteroatoms. The predicted molar refractivity (Wildman–Crippen MR) is 88.1 cm³/mol. The third-order valence-electron chi connectivity index (χ3n) is 6.49. The van der Waals surface area contributed by atoms with Crippen LogP contribution in [0.1, 0.15) is 27.2 Å². The molecule has 24 heavy (non-hydrogen) atoms. The molecule has 130 valence electrons. The van der Waals surface area contributed by atoms with Crippen LogP contribution >= 0.6 is 0 Å². The summed E-state index contributed by atoms with van der Waals surface area (Å²) in [6.07, 6.45) is 6.69. The molecule has 2 fully saturated rings. The van der Waals surface area contributed by atoms with E-state index >= 15 is 0 Å². The smallest absolute Gasteiger partial charge is 0.310 e. The number of carboxylic acid groups (broad SMARTS) is 1. The summed E-state index contributed by atoms with van der Waals surface area (Å²) in [4.78, 5) is 26.5. The largest absolute Gasteiger partial charge is 0.481 e. The summed E-state index contributed by atoms with van der Waals surface area (Å²) >= 11 is 0. The standard InChI is InChI=1S/C19H25NO4/c1-10-6-11(2)13(12(3)7-10)8-20-9-19-5-4-14(24-19)15(18(22)23)16(19)17(20)21/h4-6,11-16H,7-9H2,1-3H3,(H,22,23)/t11-,12-,13+,14+,15+,16-,19-/m1/s1. The number of amides is 1. The molecule has 1 N–H and O–H groups in total. The molecule has 7 atom stereocenters. The van der Waals surface area contributed by atoms with Crippen LogP contribution in [0.5, 0.6) is 0 Å². The van der Waals surface area contributed by atoms with Gasteiger partial charge in [0.15, 0.2) is 0 Å². The third-order valence-corrected chi connectivity index (χ3v) is 6.49. The number of fused-ring (bicyclic) bond motifs is 1. The Morgan fingerprint density at radius 2 is 2.21 bits per heavy atom. The summed E-state index contributed by atoms with van der Waals surface area (Å²) in [5, 5.41) is 9.53. The van der Waals surface area contributed by atoms with Crippen molar-refractivity contribution in [2.75, 3.05) is 13.1 Å². The van der Waals surface area contributed by atoms with Crippen LogP contribution in [0.2, 0.25) is 0 Å². The summed E-state index contributed by atoms with van der Waals surface area (Å²) in [6, 6.07) is 0. The first kappa shape index (κ1) is 15.9. The lowest BCUT2D eigenvalue weighted by Gasteiger charge is -2.36. The van der Waals surface area contributed by atoms with E-state index in [4.69, 9.17) is 4.74 Å². The van der Waals surface area contributed by atoms with Gasteiger partial charge in [-0.15, -0.1) is 0 Å². The number of aliphatic carboxylic acids is 1. The Hall–Kier alpha value is -1.62. The molecule has 4 aliphatic rings. The monoisotopic (exact) mass is 331 g/mol. The van der Waals surface area contributed by atoms with Crippen LogP contribution in [0.3, 0.4) is 0 Å². The summed E-state index contributed by atoms with van der Waals surface area (Å²) < 4.78 is 5.95. The maximum atomic E-state index is 13.0. The number of carboxylic acids is 1. The van der Waals surface area contributed by atoms with Gasteiger partial charge < -0.3 is 14.7 Å². The van der Waals surface area contributed by atoms with Gasteiger partial charge in [-0.2, -0.15) is 0 Å². The molecule has 3 heterocycles. The molecule has 2 bridgehead atoms. The highest BCUT2D eigenvalue weighted by molar-refractivity contribution is 5.90. The van der Waals surface area contributed by atoms with Crippen molar-refractivity contribution in [2.24, 2.45) is 29.6 Å². The number of likely N-dealkylation sites (tertiary alicyclic amines) is 1. The summed E-state index contributed by atoms with van der Waals surface area (Å²) in [5.74, 6) is -0.893. The van der Waals surface area contributed by atoms with Gasteiger partial charge >= 0.3 is 5.97 Å². The molecule has 1 aliphatic carbocycles. The second kappa shape index (κ2) is 5.19. The first-order valence-electron chi connectivity index (χ1n) is 8.88. The zero-order valence-corrected chi connectivity index (χ0v) is 14.4. The van der Waals surface area contributed by atoms with Crippen molar-refractivity contribution in [3.05, 3.63) is 23.8 Å². The Kier molecular flexibility index (Phi) is 3.43. The van der Waals surface area contributed by atoms with Crippen molar-refractivity contribution in [2.45, 2.75) is 38.9 Å². The summed E-state index contributed by atoms with van der Waals surface area (Å²) in [5.41, 5.74) is 0.711. The molecule has 1 amide bonds. The molecule has 0 saturated carbocycles. The zero-order valence-electron chi connectivity index (χ0n) is 14.4. The van der Waals surface area contributed by atoms with E-state index in [1.54, 1.807) is 0 Å². The van der Waals surface area contributed by atoms with E-state index in [9.17, 15) is 14.7 Å². The highest BCUT2D eigenvalue weighted by Gasteiger charge is 2.67. The van der Waals surface area contributed by atoms with Crippen LogP contribution in [0.4, 0.5) is 0 Å². The van der Waals surface area contributed by atoms with Gasteiger partial charge in [0.05, 0.1) is 18.6 Å². The van der Waals surface area contributed by atoms with Crippen molar-refractivity contribution in [1.29, 1.82) is 0 Å². The number of hydrogen-bond acceptors (Lipinski definition) is 3. The fourth-order valence-corrected chi connectivity index (χ4v) is 5.43. The molecule has 0 aromatic rings. The average Bonchev–Trinajstić information content (AvgIpc) is 3.11. The zero-order chi connectivity index (χ0) is 17.2. The van der Waals surface area contributed by atoms with Crippen LogP contribution in [0.15, 0.2) is 23.8 Å². The molecule has 5 nitrogen and oxygen atoms in total. The fourth-order valence-electron chi connectivity index (χ4n) is 5.43. The molecular weight excluding hydrogens is 306 g/mol. The third kappa shape index (κ3) is 2.10. The highest BCUT2D eigenvalue weighted by Crippen LogP contribution is 2.52. The van der Waals surface area contributed by atoms with E-state index in [0.29, 0.717) is 30.8 Å². The number of rotatable bonds is 3. The van der Waals surface area contributed by atoms with Crippen LogP contribution in [-0.4, -0.2) is 46.7 Å². The number of ether oxygens (including phenoxy) is 1. The van der Waals surface area contributed by atoms with E-state index in [1.807, 2.05) is 17.1 Å². The van der Waals surface area contributed by atoms with Crippen molar-refractivity contribution < 1.29 is 19.4 Å². The van der Waals surface area contributed by atoms with Gasteiger partial charge in [-0.05, 0) is 31.1 Å². The quantitative estimate of drug-likeness (QED) is 0.804. The van der Waals surface area contributed by atoms with Gasteiger partial charge in [0.1, 0.15) is 11.5 Å². The van der Waals surface area contributed by atoms with Gasteiger partial charge in [0.25, 0.3) is 0 Å². The van der Waals surface area contributed by atoms with E-state index in [0.717, 1.165) is 6.42 Å². The molecule has 0 radical (unpaired) electrons. The second-order valence-corrected chi connectivity index (χ2v) is 8.17. The topological polar surface area (TPSA) is 66.8 Å². The minimum atomic E-state index is -0.926. The Labute approximate surface area is 142 Å². The van der Waals surface area contributed by atoms with E-state index in [-0.39, 0.29) is 5.91 Å². The van der Waals surface area contributed by atoms with Crippen LogP contribution in [0, 0.1) is 29.6 Å². The maximum absolute atomic E-state index is 13.0. The van der Waals surface area contributed by atoms with Gasteiger partial charge in [-0.3, -0.25) is 9.59 Å². The normalized spacial score (nSPS) is 46.4. The lowest BCUT2D eigenvalue weighted by atomic mass is 9.75. The number of carbonyl (C=O) groups excluding carboxylic acids is 1. The number of nitrogens with zero attached hydrogens (tertiary/aromatic N) is 1. The number of hydrogen-bond donors (Lipinski definition) is 1. The lowest BCUT2D eigenvalue weighted by molar-refractivity contribution is -0.148. The Bertz CT molecular complexity index is 654. The minimum Gasteiger partial charge on any atom is -0.481 e. The van der Waals surface area contributed by atoms with Gasteiger partial charge in [-0.25, -0.2) is 0 Å². The first-order chi connectivity index (χ1) is 11.3. The molecule has 1 spiro atoms. The summed E-state index contributed by atoms with van der Waals surface area (Å²) in [7, 11) is 0. The molecule has 2 saturated heterocycles. The van der Waals surface area contributed by atoms with Crippen LogP contribution < -0.4 is 0 Å². The second-order valence-electron chi connectivity index (χ2n) is 8.17. The van der Waals surface area contributed by atoms with E-state index < -0.39 is 29.5 Å². The highest BCUT2D eigenvalue weighted by atomic mass is 16.5. The van der Waals surface area contributed by atoms with E-state index in [2.05, 4.69) is 26.8 Å². The fraction of sp³-hybridized carbons (Fsp3) is 0.684. The van der Waals surface area contributed by atoms with Gasteiger partial charge in [-0.1, -0.05) is 37.6 Å². The molecule has 0 unspecified atom stereocenters. The molecule has 0 aromatic carbocycles. The number of allylic oxidation sites excluding steroid dienone is 2. The van der Waals surface area contributed by atoms with Crippen molar-refractivity contribution in [3.63, 3.8) is 0 Å². The number of carbonyl (C=O) groups is 2. The van der Waals surface area contributed by atoms with Crippen molar-refractivity contribution >= 4 is 11.9 Å². The van der Waals surface area contributed by atoms with Crippen LogP contribution in [0.25, 0.3) is 0 Å². The Morgan fingerprint density at radius 1 is 1.46 bits per heavy atom. The average molecular weight is 331 g/mol. The van der Waals surface area contributed by atoms with E-state index in [1.165, 1.54) is 5.57 Å². The molecule has 4 rings (SSSR count). The first-order valence-corrected chi connectivity index (χ1v) is 8.88. The molecular formula is C19H25NO4. The van der Waals surface area contributed by atoms with Crippen LogP contribution in [-0.2, 0) is 14.3 Å². The Morgan fingerprint density at radius 3 is 2.88 bits per heavy atom. The Balaban J connectivity index is 1.56. The predicted octanol–water partition coefficient (Wildman–Crippen LogP) is 2.09. The molecule has 3 aliphatic heterocycles. The van der Waals surface area contributed by atoms with Crippen molar-refractivity contribution in [3.8, 4) is 0 Å². The van der Waals surface area contributed by atoms with Crippen molar-refractivity contribution in [1.82, 2.24) is 4.90 Å². The van der Waals surface area contributed by atoms with Gasteiger partial charge in [0.2, 0.25) is 5.91 Å². The lowest BCUT2D eigenvalue weighted by Crippen LogP contribution is -2.41. The summed E-state index contributed by atoms with van der Waals surface area (Å²) in [6.45, 7) is 7.82. The molecule has 0 aromatic heterocycles. The SMILES string of the molecule is CC1=C[C@@H](C)[C@H](CN2C[C@@]34C=C[C@H](O3)[C@H](C(=O)O)[C@@H]4C2=O)[C@H](C)C1. The maximum Gasteiger partial charge on any atom is 0.310 e.